The van der Waals surface area contributed by atoms with Crippen molar-refractivity contribution < 1.29 is 73.3 Å². The van der Waals surface area contributed by atoms with E-state index in [2.05, 4.69) is 182 Å². The van der Waals surface area contributed by atoms with Gasteiger partial charge in [0.25, 0.3) is 0 Å². The Morgan fingerprint density at radius 1 is 0.360 bits per heavy atom. The topological polar surface area (TPSA) is 0 Å². The van der Waals surface area contributed by atoms with Gasteiger partial charge in [-0.2, -0.15) is 24.3 Å². The van der Waals surface area contributed by atoms with E-state index >= 15 is 0 Å². The number of aryl methyl sites for hydroxylation is 4. The minimum Gasteiger partial charge on any atom is -1.00 e. The van der Waals surface area contributed by atoms with Gasteiger partial charge in [-0.05, 0) is 25.7 Å². The van der Waals surface area contributed by atoms with E-state index in [-0.39, 0.29) is 24.8 Å². The maximum Gasteiger partial charge on any atom is -1.00 e. The largest absolute Gasteiger partial charge is 1.00 e. The summed E-state index contributed by atoms with van der Waals surface area (Å²) in [6.45, 7) is 8.75. The molecule has 0 amide bonds. The summed E-state index contributed by atoms with van der Waals surface area (Å²) < 4.78 is 6.68. The number of hydrogen-bond donors (Lipinski definition) is 0. The van der Waals surface area contributed by atoms with E-state index in [1.807, 2.05) is 0 Å². The predicted octanol–water partition coefficient (Wildman–Crippen LogP) is 6.42. The smallest absolute Gasteiger partial charge is 1.00 e. The van der Waals surface area contributed by atoms with E-state index in [1.165, 1.54) is 114 Å². The van der Waals surface area contributed by atoms with Crippen molar-refractivity contribution in [2.24, 2.45) is 0 Å². The van der Waals surface area contributed by atoms with Gasteiger partial charge >= 0.3 is 56.9 Å². The van der Waals surface area contributed by atoms with Crippen LogP contribution in [0.4, 0.5) is 0 Å². The van der Waals surface area contributed by atoms with E-state index in [0.717, 1.165) is 25.7 Å². The van der Waals surface area contributed by atoms with Gasteiger partial charge in [0.2, 0.25) is 0 Å². The maximum atomic E-state index is 3.34. The van der Waals surface area contributed by atoms with Gasteiger partial charge in [-0.1, -0.05) is 52.0 Å². The van der Waals surface area contributed by atoms with E-state index in [1.54, 1.807) is 0 Å². The number of benzene rings is 4. The van der Waals surface area contributed by atoms with Crippen LogP contribution in [0, 0.1) is 0 Å². The molecule has 50 heavy (non-hydrogen) atoms. The van der Waals surface area contributed by atoms with Crippen molar-refractivity contribution in [2.75, 3.05) is 0 Å². The Balaban J connectivity index is 0.000000318. The molecule has 0 unspecified atom stereocenters. The summed E-state index contributed by atoms with van der Waals surface area (Å²) in [4.78, 5) is 0. The maximum absolute atomic E-state index is 3.34. The number of hydrogen-bond acceptors (Lipinski definition) is 0. The van der Waals surface area contributed by atoms with E-state index < -0.39 is 0 Å². The Bertz CT molecular complexity index is 1640. The van der Waals surface area contributed by atoms with Gasteiger partial charge in [0.05, 0.1) is 0 Å². The molecule has 0 saturated heterocycles. The van der Waals surface area contributed by atoms with Gasteiger partial charge in [0.1, 0.15) is 0 Å². The summed E-state index contributed by atoms with van der Waals surface area (Å²) >= 11 is 2.60. The van der Waals surface area contributed by atoms with Crippen LogP contribution in [-0.2, 0) is 74.2 Å². The molecular weight excluding hydrogens is 806 g/mol. The monoisotopic (exact) mass is 850 g/mol. The molecule has 0 heterocycles. The molecule has 0 N–H and O–H groups in total. The molecule has 8 aromatic carbocycles. The van der Waals surface area contributed by atoms with Gasteiger partial charge in [-0.3, -0.25) is 0 Å². The van der Waals surface area contributed by atoms with Crippen LogP contribution < -0.4 is 24.8 Å². The second-order valence-corrected chi connectivity index (χ2v) is 11.4. The first-order valence-corrected chi connectivity index (χ1v) is 20.4. The summed E-state index contributed by atoms with van der Waals surface area (Å²) in [5.41, 5.74) is 5.75. The van der Waals surface area contributed by atoms with Crippen LogP contribution in [0.5, 0.6) is 0 Å². The predicted molar refractivity (Wildman–Crippen MR) is 210 cm³/mol. The molecule has 8 aromatic rings. The molecule has 0 saturated carbocycles. The molecule has 0 atom stereocenters. The second-order valence-electron chi connectivity index (χ2n) is 11.4. The van der Waals surface area contributed by atoms with Crippen LogP contribution >= 0.6 is 0 Å². The first-order chi connectivity index (χ1) is 23.6. The van der Waals surface area contributed by atoms with Crippen LogP contribution in [0.2, 0.25) is 0 Å². The van der Waals surface area contributed by atoms with E-state index in [4.69, 9.17) is 0 Å². The van der Waals surface area contributed by atoms with Crippen molar-refractivity contribution >= 4 is 51.5 Å². The Kier molecular flexibility index (Phi) is 23.1. The summed E-state index contributed by atoms with van der Waals surface area (Å²) in [6.07, 6.45) is 4.53. The van der Waals surface area contributed by atoms with Crippen LogP contribution in [-0.4, -0.2) is 8.42 Å². The first kappa shape index (κ1) is 45.4. The first-order valence-electron chi connectivity index (χ1n) is 16.9. The summed E-state index contributed by atoms with van der Waals surface area (Å²) in [5, 5.41) is 10.9. The molecular formula is C46H48Cl2Zr2-2. The van der Waals surface area contributed by atoms with Crippen molar-refractivity contribution in [3.8, 4) is 0 Å². The molecule has 0 aliphatic carbocycles. The third-order valence-corrected chi connectivity index (χ3v) is 8.34. The van der Waals surface area contributed by atoms with Crippen molar-refractivity contribution in [3.05, 3.63) is 168 Å². The van der Waals surface area contributed by atoms with Gasteiger partial charge in [-0.25, -0.2) is 0 Å². The zero-order valence-corrected chi connectivity index (χ0v) is 36.3. The third kappa shape index (κ3) is 13.5. The van der Waals surface area contributed by atoms with Crippen LogP contribution in [0.25, 0.3) is 43.1 Å². The summed E-state index contributed by atoms with van der Waals surface area (Å²) in [7, 11) is 0. The molecule has 0 radical (unpaired) electrons. The summed E-state index contributed by atoms with van der Waals surface area (Å²) in [6, 6.07) is 52.0. The Morgan fingerprint density at radius 3 is 0.700 bits per heavy atom. The fourth-order valence-electron chi connectivity index (χ4n) is 5.68. The fourth-order valence-corrected chi connectivity index (χ4v) is 5.68. The molecule has 8 rings (SSSR count). The van der Waals surface area contributed by atoms with Gasteiger partial charge in [0, 0.05) is 0 Å². The minimum atomic E-state index is 0. The molecule has 0 nitrogen and oxygen atoms in total. The molecule has 0 aliphatic rings. The van der Waals surface area contributed by atoms with Gasteiger partial charge in [0.15, 0.2) is 0 Å². The zero-order valence-electron chi connectivity index (χ0n) is 29.9. The molecule has 0 aliphatic heterocycles. The molecule has 0 aromatic heterocycles. The van der Waals surface area contributed by atoms with Crippen molar-refractivity contribution in [3.63, 3.8) is 0 Å². The molecule has 4 heteroatoms. The fraction of sp³-hybridized carbons (Fsp3) is 0.174. The van der Waals surface area contributed by atoms with Crippen LogP contribution in [0.3, 0.4) is 0 Å². The SMILES string of the molecule is CCc1cc2ccccc2[cH-]1.CCc1cc2ccccc2[cH-]1.CCc1cc2ccccc2[cH-]1.CCc1cc2ccccc2[cH-]1.[CH2]=[Zr+2].[CH2]=[Zr+2].[Cl-].[Cl-]. The molecule has 256 valence electrons. The van der Waals surface area contributed by atoms with E-state index in [9.17, 15) is 0 Å². The third-order valence-electron chi connectivity index (χ3n) is 8.34. The number of fused-ring (bicyclic) bond motifs is 4. The van der Waals surface area contributed by atoms with Crippen molar-refractivity contribution in [1.29, 1.82) is 0 Å². The standard InChI is InChI=1S/4C11H11.2CH2.2ClH.2Zr/c4*1-2-9-7-10-5-3-4-6-11(10)8-9;;;;;;/h4*3-8H,2H2,1H3;2*1H2;2*1H;;/q4*-1;;;;;2*+2/p-2. The summed E-state index contributed by atoms with van der Waals surface area (Å²) in [5.74, 6) is 0. The quantitative estimate of drug-likeness (QED) is 0.180. The van der Waals surface area contributed by atoms with E-state index in [0.29, 0.717) is 0 Å². The van der Waals surface area contributed by atoms with Gasteiger partial charge in [-0.15, -0.1) is 162 Å². The average Bonchev–Trinajstić information content (AvgIpc) is 3.97. The van der Waals surface area contributed by atoms with Crippen LogP contribution in [0.15, 0.2) is 146 Å². The number of halogens is 2. The zero-order chi connectivity index (χ0) is 34.7. The molecule has 0 spiro atoms. The van der Waals surface area contributed by atoms with Crippen molar-refractivity contribution in [2.45, 2.75) is 53.4 Å². The van der Waals surface area contributed by atoms with Crippen molar-refractivity contribution in [1.82, 2.24) is 0 Å². The normalized spacial score (nSPS) is 9.60. The second kappa shape index (κ2) is 25.4. The Hall–Kier alpha value is -2.59. The molecule has 0 fully saturated rings. The number of rotatable bonds is 4. The minimum absolute atomic E-state index is 0. The Labute approximate surface area is 342 Å². The molecule has 0 bridgehead atoms. The average molecular weight is 854 g/mol. The van der Waals surface area contributed by atoms with Gasteiger partial charge < -0.3 is 24.8 Å². The Morgan fingerprint density at radius 2 is 0.540 bits per heavy atom. The van der Waals surface area contributed by atoms with Crippen LogP contribution in [0.1, 0.15) is 49.9 Å².